The van der Waals surface area contributed by atoms with Crippen molar-refractivity contribution < 1.29 is 0 Å². The fourth-order valence-corrected chi connectivity index (χ4v) is 3.24. The SMILES string of the molecule is C=CCNC(=NCCn1cnnc1CC)NC(C)c1cccc2ccccc12.I. The number of aryl methyl sites for hydroxylation is 1. The molecular weight excluding hydrogens is 475 g/mol. The van der Waals surface area contributed by atoms with Crippen LogP contribution in [0.15, 0.2) is 66.4 Å². The molecule has 29 heavy (non-hydrogen) atoms. The van der Waals surface area contributed by atoms with Gasteiger partial charge in [0.2, 0.25) is 0 Å². The molecule has 1 heterocycles. The Bertz CT molecular complexity index is 944. The van der Waals surface area contributed by atoms with E-state index in [1.165, 1.54) is 16.3 Å². The predicted molar refractivity (Wildman–Crippen MR) is 131 cm³/mol. The van der Waals surface area contributed by atoms with E-state index in [-0.39, 0.29) is 30.0 Å². The van der Waals surface area contributed by atoms with Gasteiger partial charge in [0.05, 0.1) is 12.6 Å². The van der Waals surface area contributed by atoms with Gasteiger partial charge >= 0.3 is 0 Å². The lowest BCUT2D eigenvalue weighted by atomic mass is 10.00. The van der Waals surface area contributed by atoms with Crippen molar-refractivity contribution in [2.24, 2.45) is 4.99 Å². The van der Waals surface area contributed by atoms with E-state index in [0.29, 0.717) is 13.1 Å². The zero-order chi connectivity index (χ0) is 19.8. The average Bonchev–Trinajstić information content (AvgIpc) is 3.18. The lowest BCUT2D eigenvalue weighted by Crippen LogP contribution is -2.39. The van der Waals surface area contributed by atoms with Crippen molar-refractivity contribution in [1.82, 2.24) is 25.4 Å². The van der Waals surface area contributed by atoms with Crippen LogP contribution in [0.4, 0.5) is 0 Å². The third-order valence-corrected chi connectivity index (χ3v) is 4.68. The number of guanidine groups is 1. The fourth-order valence-electron chi connectivity index (χ4n) is 3.24. The first-order valence-electron chi connectivity index (χ1n) is 9.73. The molecule has 0 fully saturated rings. The number of nitrogens with zero attached hydrogens (tertiary/aromatic N) is 4. The summed E-state index contributed by atoms with van der Waals surface area (Å²) in [6, 6.07) is 15.0. The standard InChI is InChI=1S/C22H28N6.HI/c1-4-13-23-22(24-14-15-28-16-25-27-21(28)5-2)26-17(3)19-12-8-10-18-9-6-7-11-20(18)19;/h4,6-12,16-17H,1,5,13-15H2,2-3H3,(H2,23,24,26);1H. The molecule has 0 bridgehead atoms. The van der Waals surface area contributed by atoms with Gasteiger partial charge in [-0.2, -0.15) is 0 Å². The molecule has 2 aromatic carbocycles. The molecular formula is C22H29IN6. The first-order chi connectivity index (χ1) is 13.7. The van der Waals surface area contributed by atoms with E-state index >= 15 is 0 Å². The van der Waals surface area contributed by atoms with Crippen molar-refractivity contribution in [2.45, 2.75) is 32.9 Å². The molecule has 0 aliphatic heterocycles. The Hall–Kier alpha value is -2.42. The summed E-state index contributed by atoms with van der Waals surface area (Å²) in [6.45, 7) is 10.1. The molecule has 0 amide bonds. The van der Waals surface area contributed by atoms with Crippen LogP contribution < -0.4 is 10.6 Å². The van der Waals surface area contributed by atoms with Gasteiger partial charge in [-0.3, -0.25) is 4.99 Å². The van der Waals surface area contributed by atoms with Crippen LogP contribution in [0.1, 0.15) is 31.3 Å². The van der Waals surface area contributed by atoms with E-state index in [2.05, 4.69) is 83.7 Å². The molecule has 6 nitrogen and oxygen atoms in total. The Morgan fingerprint density at radius 1 is 1.24 bits per heavy atom. The molecule has 3 rings (SSSR count). The van der Waals surface area contributed by atoms with Gasteiger partial charge in [-0.25, -0.2) is 0 Å². The molecule has 0 radical (unpaired) electrons. The van der Waals surface area contributed by atoms with Gasteiger partial charge < -0.3 is 15.2 Å². The van der Waals surface area contributed by atoms with Gasteiger partial charge in [0.25, 0.3) is 0 Å². The molecule has 7 heteroatoms. The summed E-state index contributed by atoms with van der Waals surface area (Å²) in [5.41, 5.74) is 1.25. The third-order valence-electron chi connectivity index (χ3n) is 4.68. The highest BCUT2D eigenvalue weighted by Crippen LogP contribution is 2.23. The number of halogens is 1. The molecule has 0 aliphatic rings. The smallest absolute Gasteiger partial charge is 0.192 e. The number of aromatic nitrogens is 3. The Kier molecular flexibility index (Phi) is 9.11. The molecule has 0 saturated heterocycles. The monoisotopic (exact) mass is 504 g/mol. The van der Waals surface area contributed by atoms with Crippen LogP contribution in [0.5, 0.6) is 0 Å². The van der Waals surface area contributed by atoms with Gasteiger partial charge in [-0.05, 0) is 23.3 Å². The lowest BCUT2D eigenvalue weighted by Gasteiger charge is -2.20. The summed E-state index contributed by atoms with van der Waals surface area (Å²) in [4.78, 5) is 4.73. The molecule has 1 aromatic heterocycles. The number of benzene rings is 2. The van der Waals surface area contributed by atoms with Gasteiger partial charge in [-0.1, -0.05) is 55.5 Å². The molecule has 1 unspecified atom stereocenters. The van der Waals surface area contributed by atoms with Crippen molar-refractivity contribution in [3.05, 3.63) is 72.8 Å². The molecule has 2 N–H and O–H groups in total. The quantitative estimate of drug-likeness (QED) is 0.210. The molecule has 3 aromatic rings. The van der Waals surface area contributed by atoms with Gasteiger partial charge in [0.1, 0.15) is 12.2 Å². The van der Waals surface area contributed by atoms with Crippen LogP contribution in [0.2, 0.25) is 0 Å². The van der Waals surface area contributed by atoms with Crippen molar-refractivity contribution in [3.8, 4) is 0 Å². The molecule has 154 valence electrons. The summed E-state index contributed by atoms with van der Waals surface area (Å²) in [7, 11) is 0. The minimum atomic E-state index is 0. The summed E-state index contributed by atoms with van der Waals surface area (Å²) >= 11 is 0. The summed E-state index contributed by atoms with van der Waals surface area (Å²) in [5.74, 6) is 1.75. The minimum absolute atomic E-state index is 0. The number of hydrogen-bond donors (Lipinski definition) is 2. The second-order valence-electron chi connectivity index (χ2n) is 6.63. The van der Waals surface area contributed by atoms with Crippen LogP contribution in [0, 0.1) is 0 Å². The second-order valence-corrected chi connectivity index (χ2v) is 6.63. The predicted octanol–water partition coefficient (Wildman–Crippen LogP) is 4.09. The fraction of sp³-hybridized carbons (Fsp3) is 0.318. The van der Waals surface area contributed by atoms with E-state index in [1.807, 2.05) is 10.6 Å². The van der Waals surface area contributed by atoms with Crippen LogP contribution in [0.25, 0.3) is 10.8 Å². The largest absolute Gasteiger partial charge is 0.353 e. The maximum Gasteiger partial charge on any atom is 0.192 e. The van der Waals surface area contributed by atoms with Gasteiger partial charge in [0.15, 0.2) is 5.96 Å². The molecule has 0 aliphatic carbocycles. The maximum atomic E-state index is 4.73. The Labute approximate surface area is 189 Å². The number of hydrogen-bond acceptors (Lipinski definition) is 3. The van der Waals surface area contributed by atoms with Crippen molar-refractivity contribution >= 4 is 40.7 Å². The molecule has 1 atom stereocenters. The average molecular weight is 504 g/mol. The summed E-state index contributed by atoms with van der Waals surface area (Å²) in [6.07, 6.45) is 4.45. The van der Waals surface area contributed by atoms with Crippen LogP contribution in [-0.4, -0.2) is 33.8 Å². The lowest BCUT2D eigenvalue weighted by molar-refractivity contribution is 0.652. The highest BCUT2D eigenvalue weighted by atomic mass is 127. The van der Waals surface area contributed by atoms with E-state index < -0.39 is 0 Å². The van der Waals surface area contributed by atoms with Crippen molar-refractivity contribution in [3.63, 3.8) is 0 Å². The van der Waals surface area contributed by atoms with Gasteiger partial charge in [0, 0.05) is 19.5 Å². The van der Waals surface area contributed by atoms with Crippen molar-refractivity contribution in [1.29, 1.82) is 0 Å². The Morgan fingerprint density at radius 3 is 2.83 bits per heavy atom. The number of fused-ring (bicyclic) bond motifs is 1. The summed E-state index contributed by atoms with van der Waals surface area (Å²) in [5, 5.41) is 17.4. The third kappa shape index (κ3) is 6.03. The number of nitrogens with one attached hydrogen (secondary N) is 2. The number of aliphatic imine (C=N–C) groups is 1. The topological polar surface area (TPSA) is 67.1 Å². The molecule has 0 spiro atoms. The normalized spacial score (nSPS) is 12.3. The van der Waals surface area contributed by atoms with E-state index in [0.717, 1.165) is 24.7 Å². The summed E-state index contributed by atoms with van der Waals surface area (Å²) < 4.78 is 2.04. The first kappa shape index (κ1) is 22.9. The zero-order valence-corrected chi connectivity index (χ0v) is 19.3. The molecule has 0 saturated carbocycles. The van der Waals surface area contributed by atoms with Crippen molar-refractivity contribution in [2.75, 3.05) is 13.1 Å². The number of rotatable bonds is 8. The highest BCUT2D eigenvalue weighted by molar-refractivity contribution is 14.0. The van der Waals surface area contributed by atoms with Gasteiger partial charge in [-0.15, -0.1) is 40.8 Å². The highest BCUT2D eigenvalue weighted by Gasteiger charge is 2.11. The Balaban J connectivity index is 0.00000300. The van der Waals surface area contributed by atoms with E-state index in [1.54, 1.807) is 6.33 Å². The Morgan fingerprint density at radius 2 is 2.03 bits per heavy atom. The van der Waals surface area contributed by atoms with E-state index in [4.69, 9.17) is 4.99 Å². The zero-order valence-electron chi connectivity index (χ0n) is 17.0. The van der Waals surface area contributed by atoms with Crippen LogP contribution in [0.3, 0.4) is 0 Å². The van der Waals surface area contributed by atoms with E-state index in [9.17, 15) is 0 Å². The first-order valence-corrected chi connectivity index (χ1v) is 9.73. The maximum absolute atomic E-state index is 4.73. The van der Waals surface area contributed by atoms with Crippen LogP contribution in [-0.2, 0) is 13.0 Å². The minimum Gasteiger partial charge on any atom is -0.353 e. The van der Waals surface area contributed by atoms with Crippen LogP contribution >= 0.6 is 24.0 Å². The second kappa shape index (κ2) is 11.5.